The summed E-state index contributed by atoms with van der Waals surface area (Å²) in [5.41, 5.74) is 0.634. The topological polar surface area (TPSA) is 69.4 Å². The molecular formula is C16H22ClN3O3. The molecule has 1 aromatic heterocycles. The highest BCUT2D eigenvalue weighted by molar-refractivity contribution is 5.85. The second kappa shape index (κ2) is 7.77. The summed E-state index contributed by atoms with van der Waals surface area (Å²) < 4.78 is 16.4. The molecule has 1 saturated heterocycles. The number of benzene rings is 1. The zero-order valence-electron chi connectivity index (χ0n) is 13.4. The monoisotopic (exact) mass is 339 g/mol. The lowest BCUT2D eigenvalue weighted by Gasteiger charge is -2.33. The van der Waals surface area contributed by atoms with E-state index in [2.05, 4.69) is 15.5 Å². The first-order chi connectivity index (χ1) is 10.8. The van der Waals surface area contributed by atoms with E-state index in [9.17, 15) is 0 Å². The Labute approximate surface area is 142 Å². The van der Waals surface area contributed by atoms with E-state index in [1.165, 1.54) is 0 Å². The molecule has 0 radical (unpaired) electrons. The van der Waals surface area contributed by atoms with Gasteiger partial charge < -0.3 is 19.3 Å². The van der Waals surface area contributed by atoms with Gasteiger partial charge in [-0.25, -0.2) is 0 Å². The largest absolute Gasteiger partial charge is 0.496 e. The van der Waals surface area contributed by atoms with Gasteiger partial charge in [0.2, 0.25) is 11.7 Å². The number of halogens is 1. The SMILES string of the molecule is COCC1(c2nc(-c3ccccc3OC)no2)CCNCC1.Cl. The number of para-hydroxylation sites is 1. The summed E-state index contributed by atoms with van der Waals surface area (Å²) in [6, 6.07) is 7.67. The van der Waals surface area contributed by atoms with Crippen LogP contribution >= 0.6 is 12.4 Å². The third-order valence-corrected chi connectivity index (χ3v) is 4.21. The van der Waals surface area contributed by atoms with Crippen LogP contribution in [0.15, 0.2) is 28.8 Å². The first kappa shape index (κ1) is 17.7. The van der Waals surface area contributed by atoms with Gasteiger partial charge in [0, 0.05) is 7.11 Å². The fourth-order valence-corrected chi connectivity index (χ4v) is 2.98. The highest BCUT2D eigenvalue weighted by Crippen LogP contribution is 2.35. The number of hydrogen-bond donors (Lipinski definition) is 1. The molecule has 2 aromatic rings. The Kier molecular flexibility index (Phi) is 5.98. The molecule has 1 aliphatic rings. The van der Waals surface area contributed by atoms with Crippen LogP contribution in [0.3, 0.4) is 0 Å². The molecule has 1 N–H and O–H groups in total. The standard InChI is InChI=1S/C16H21N3O3.ClH/c1-20-11-16(7-9-17-10-8-16)15-18-14(19-22-15)12-5-3-4-6-13(12)21-2;/h3-6,17H,7-11H2,1-2H3;1H. The molecule has 1 fully saturated rings. The Bertz CT molecular complexity index is 621. The normalized spacial score (nSPS) is 16.6. The maximum atomic E-state index is 5.59. The third kappa shape index (κ3) is 3.49. The summed E-state index contributed by atoms with van der Waals surface area (Å²) in [6.45, 7) is 2.44. The van der Waals surface area contributed by atoms with Gasteiger partial charge in [0.05, 0.1) is 24.7 Å². The Morgan fingerprint density at radius 3 is 2.65 bits per heavy atom. The van der Waals surface area contributed by atoms with Crippen molar-refractivity contribution in [3.05, 3.63) is 30.2 Å². The molecule has 0 amide bonds. The van der Waals surface area contributed by atoms with Crippen LogP contribution in [0.2, 0.25) is 0 Å². The maximum absolute atomic E-state index is 5.59. The van der Waals surface area contributed by atoms with E-state index in [0.29, 0.717) is 18.3 Å². The van der Waals surface area contributed by atoms with E-state index in [0.717, 1.165) is 37.2 Å². The number of piperidine rings is 1. The Morgan fingerprint density at radius 2 is 1.96 bits per heavy atom. The van der Waals surface area contributed by atoms with Crippen molar-refractivity contribution in [3.63, 3.8) is 0 Å². The zero-order valence-corrected chi connectivity index (χ0v) is 14.2. The highest BCUT2D eigenvalue weighted by atomic mass is 35.5. The maximum Gasteiger partial charge on any atom is 0.235 e. The quantitative estimate of drug-likeness (QED) is 0.902. The van der Waals surface area contributed by atoms with Crippen molar-refractivity contribution < 1.29 is 14.0 Å². The molecule has 1 aromatic carbocycles. The molecule has 23 heavy (non-hydrogen) atoms. The van der Waals surface area contributed by atoms with Gasteiger partial charge in [-0.2, -0.15) is 4.98 Å². The second-order valence-electron chi connectivity index (χ2n) is 5.59. The Balaban J connectivity index is 0.00000192. The fraction of sp³-hybridized carbons (Fsp3) is 0.500. The van der Waals surface area contributed by atoms with Crippen LogP contribution < -0.4 is 10.1 Å². The molecule has 0 saturated carbocycles. The fourth-order valence-electron chi connectivity index (χ4n) is 2.98. The number of ether oxygens (including phenoxy) is 2. The van der Waals surface area contributed by atoms with Gasteiger partial charge in [0.25, 0.3) is 0 Å². The average molecular weight is 340 g/mol. The summed E-state index contributed by atoms with van der Waals surface area (Å²) in [4.78, 5) is 4.64. The van der Waals surface area contributed by atoms with Gasteiger partial charge in [-0.3, -0.25) is 0 Å². The van der Waals surface area contributed by atoms with Gasteiger partial charge in [-0.15, -0.1) is 12.4 Å². The molecule has 0 bridgehead atoms. The molecule has 0 spiro atoms. The van der Waals surface area contributed by atoms with Crippen molar-refractivity contribution in [3.8, 4) is 17.1 Å². The molecule has 0 atom stereocenters. The molecule has 2 heterocycles. The van der Waals surface area contributed by atoms with Crippen molar-refractivity contribution in [1.29, 1.82) is 0 Å². The molecule has 1 aliphatic heterocycles. The number of nitrogens with one attached hydrogen (secondary N) is 1. The predicted molar refractivity (Wildman–Crippen MR) is 89.2 cm³/mol. The number of aromatic nitrogens is 2. The predicted octanol–water partition coefficient (Wildman–Crippen LogP) is 2.43. The molecule has 6 nitrogen and oxygen atoms in total. The molecule has 0 aliphatic carbocycles. The zero-order chi connectivity index (χ0) is 15.4. The van der Waals surface area contributed by atoms with E-state index >= 15 is 0 Å². The van der Waals surface area contributed by atoms with Crippen LogP contribution in [-0.2, 0) is 10.2 Å². The van der Waals surface area contributed by atoms with Crippen molar-refractivity contribution in [2.75, 3.05) is 33.9 Å². The summed E-state index contributed by atoms with van der Waals surface area (Å²) in [5.74, 6) is 1.94. The first-order valence-electron chi connectivity index (χ1n) is 7.46. The van der Waals surface area contributed by atoms with Gasteiger partial charge in [0.15, 0.2) is 0 Å². The van der Waals surface area contributed by atoms with Crippen LogP contribution in [0.5, 0.6) is 5.75 Å². The lowest BCUT2D eigenvalue weighted by atomic mass is 9.79. The average Bonchev–Trinajstić information content (AvgIpc) is 3.06. The van der Waals surface area contributed by atoms with Gasteiger partial charge in [0.1, 0.15) is 5.75 Å². The van der Waals surface area contributed by atoms with Crippen molar-refractivity contribution in [2.45, 2.75) is 18.3 Å². The first-order valence-corrected chi connectivity index (χ1v) is 7.46. The molecule has 126 valence electrons. The number of nitrogens with zero attached hydrogens (tertiary/aromatic N) is 2. The summed E-state index contributed by atoms with van der Waals surface area (Å²) in [7, 11) is 3.35. The lowest BCUT2D eigenvalue weighted by Crippen LogP contribution is -2.43. The number of hydrogen-bond acceptors (Lipinski definition) is 6. The van der Waals surface area contributed by atoms with Crippen LogP contribution in [0.1, 0.15) is 18.7 Å². The van der Waals surface area contributed by atoms with Crippen LogP contribution in [-0.4, -0.2) is 44.1 Å². The van der Waals surface area contributed by atoms with Crippen LogP contribution in [0.25, 0.3) is 11.4 Å². The van der Waals surface area contributed by atoms with E-state index in [1.54, 1.807) is 14.2 Å². The minimum absolute atomic E-state index is 0. The number of rotatable bonds is 5. The lowest BCUT2D eigenvalue weighted by molar-refractivity contribution is 0.0850. The third-order valence-electron chi connectivity index (χ3n) is 4.21. The van der Waals surface area contributed by atoms with Gasteiger partial charge in [-0.05, 0) is 38.1 Å². The second-order valence-corrected chi connectivity index (χ2v) is 5.59. The molecular weight excluding hydrogens is 318 g/mol. The summed E-state index contributed by atoms with van der Waals surface area (Å²) >= 11 is 0. The van der Waals surface area contributed by atoms with E-state index < -0.39 is 0 Å². The Hall–Kier alpha value is -1.63. The molecule has 7 heteroatoms. The van der Waals surface area contributed by atoms with E-state index in [4.69, 9.17) is 14.0 Å². The van der Waals surface area contributed by atoms with Gasteiger partial charge in [-0.1, -0.05) is 17.3 Å². The van der Waals surface area contributed by atoms with Crippen molar-refractivity contribution >= 4 is 12.4 Å². The summed E-state index contributed by atoms with van der Waals surface area (Å²) in [6.07, 6.45) is 1.85. The highest BCUT2D eigenvalue weighted by Gasteiger charge is 2.39. The van der Waals surface area contributed by atoms with Crippen molar-refractivity contribution in [1.82, 2.24) is 15.5 Å². The number of methoxy groups -OCH3 is 2. The summed E-state index contributed by atoms with van der Waals surface area (Å²) in [5, 5.41) is 7.51. The van der Waals surface area contributed by atoms with E-state index in [-0.39, 0.29) is 17.8 Å². The smallest absolute Gasteiger partial charge is 0.235 e. The van der Waals surface area contributed by atoms with Gasteiger partial charge >= 0.3 is 0 Å². The molecule has 3 rings (SSSR count). The van der Waals surface area contributed by atoms with Crippen LogP contribution in [0.4, 0.5) is 0 Å². The van der Waals surface area contributed by atoms with Crippen LogP contribution in [0, 0.1) is 0 Å². The molecule has 0 unspecified atom stereocenters. The minimum atomic E-state index is -0.201. The van der Waals surface area contributed by atoms with E-state index in [1.807, 2.05) is 24.3 Å². The Morgan fingerprint density at radius 1 is 1.22 bits per heavy atom. The van der Waals surface area contributed by atoms with Crippen molar-refractivity contribution in [2.24, 2.45) is 0 Å². The minimum Gasteiger partial charge on any atom is -0.496 e.